The molecule has 0 saturated carbocycles. The molecule has 78 heavy (non-hydrogen) atoms. The average molecular weight is 1260 g/mol. The van der Waals surface area contributed by atoms with Gasteiger partial charge in [-0.15, -0.1) is 0 Å². The van der Waals surface area contributed by atoms with Crippen molar-refractivity contribution in [3.05, 3.63) is 0 Å². The van der Waals surface area contributed by atoms with Crippen LogP contribution in [-0.2, 0) is 33.2 Å². The van der Waals surface area contributed by atoms with Gasteiger partial charge in [0.05, 0.1) is 6.61 Å². The first kappa shape index (κ1) is 75.0. The number of aliphatic hydroxyl groups excluding tert-OH is 6. The summed E-state index contributed by atoms with van der Waals surface area (Å²) in [6.45, 7) is -33.6. The number of hydrogen-bond acceptors (Lipinski definition) is 13. The van der Waals surface area contributed by atoms with Crippen LogP contribution in [0.2, 0.25) is 0 Å². The molecule has 0 rings (SSSR count). The second kappa shape index (κ2) is 22.3. The van der Waals surface area contributed by atoms with E-state index in [1.165, 1.54) is 0 Å². The van der Waals surface area contributed by atoms with Crippen molar-refractivity contribution in [1.29, 1.82) is 0 Å². The van der Waals surface area contributed by atoms with Crippen molar-refractivity contribution in [3.8, 4) is 0 Å². The van der Waals surface area contributed by atoms with Gasteiger partial charge in [-0.1, -0.05) is 0 Å². The van der Waals surface area contributed by atoms with E-state index in [-0.39, 0.29) is 0 Å². The minimum absolute atomic E-state index is 1.54. The molecule has 0 aromatic carbocycles. The van der Waals surface area contributed by atoms with E-state index in [0.717, 1.165) is 0 Å². The zero-order valence-corrected chi connectivity index (χ0v) is 35.5. The predicted molar refractivity (Wildman–Crippen MR) is 158 cm³/mol. The van der Waals surface area contributed by atoms with Crippen LogP contribution >= 0.6 is 0 Å². The van der Waals surface area contributed by atoms with Crippen LogP contribution < -0.4 is 0 Å². The van der Waals surface area contributed by atoms with E-state index in [9.17, 15) is 105 Å². The maximum absolute atomic E-state index is 15.8. The SMILES string of the molecule is OCC(F)(F)C(F)(F)OC(F)(F)C(CCOCC(C(F)(F)OC(F)(F)C(F)(F)CO)(C(F)(F)OC(F)(F)C(F)(F)CO)C(F)(F)OC(F)(F)C(F)(F)CO)(C(F)(F)OC(F)(F)C(F)(F)CO)C(F)(F)OC(F)(F)C(F)(F)CO. The standard InChI is InChI=1S/C29H24F36O13/c30-12(31,3-66)24(54,55)73-18(42,43)10(19(44,45)74-25(56,57)13(32,33)4-67,20(46,47)75-26(58,59)14(34,35)5-68)1-2-72-9-11(21(48,49)76-27(60,61)15(36,37)6-69,22(50,51)77-28(62,63)16(38,39)7-70)23(52,53)78-29(64,65)17(40,41)8-71/h66-71H,1-9H2. The summed E-state index contributed by atoms with van der Waals surface area (Å²) in [5.41, 5.74) is -17.9. The largest absolute Gasteiger partial charge is 0.426 e. The first-order valence-electron chi connectivity index (χ1n) is 18.1. The average Bonchev–Trinajstić information content (AvgIpc) is 3.21. The molecule has 0 radical (unpaired) electrons. The van der Waals surface area contributed by atoms with Gasteiger partial charge in [-0.05, 0) is 0 Å². The summed E-state index contributed by atoms with van der Waals surface area (Å²) < 4.78 is 539. The number of halogens is 36. The lowest BCUT2D eigenvalue weighted by Crippen LogP contribution is -2.73. The highest BCUT2D eigenvalue weighted by Gasteiger charge is 2.91. The summed E-state index contributed by atoms with van der Waals surface area (Å²) >= 11 is 0. The third kappa shape index (κ3) is 13.4. The second-order valence-corrected chi connectivity index (χ2v) is 14.6. The molecular formula is C29H24F36O13. The minimum Gasteiger partial charge on any atom is -0.390 e. The highest BCUT2D eigenvalue weighted by molar-refractivity contribution is 5.06. The van der Waals surface area contributed by atoms with Gasteiger partial charge in [0.1, 0.15) is 39.6 Å². The summed E-state index contributed by atoms with van der Waals surface area (Å²) in [7, 11) is 0. The van der Waals surface area contributed by atoms with Gasteiger partial charge in [-0.3, -0.25) is 0 Å². The maximum atomic E-state index is 15.8. The summed E-state index contributed by atoms with van der Waals surface area (Å²) in [6, 6.07) is 0. The Kier molecular flexibility index (Phi) is 21.4. The van der Waals surface area contributed by atoms with Gasteiger partial charge in [-0.2, -0.15) is 158 Å². The van der Waals surface area contributed by atoms with E-state index in [1.807, 2.05) is 0 Å². The van der Waals surface area contributed by atoms with E-state index in [1.54, 1.807) is 28.4 Å². The van der Waals surface area contributed by atoms with Crippen LogP contribution in [-0.4, -0.2) is 192 Å². The third-order valence-corrected chi connectivity index (χ3v) is 9.21. The van der Waals surface area contributed by atoms with Crippen LogP contribution in [0.5, 0.6) is 0 Å². The van der Waals surface area contributed by atoms with Gasteiger partial charge in [0.15, 0.2) is 0 Å². The van der Waals surface area contributed by atoms with Crippen LogP contribution in [0.25, 0.3) is 0 Å². The molecule has 0 saturated heterocycles. The van der Waals surface area contributed by atoms with E-state index in [4.69, 9.17) is 30.6 Å². The van der Waals surface area contributed by atoms with Crippen molar-refractivity contribution in [2.45, 2.75) is 115 Å². The fraction of sp³-hybridized carbons (Fsp3) is 1.00. The van der Waals surface area contributed by atoms with E-state index < -0.39 is 179 Å². The zero-order chi connectivity index (χ0) is 63.3. The smallest absolute Gasteiger partial charge is 0.390 e. The van der Waals surface area contributed by atoms with Gasteiger partial charge in [0, 0.05) is 13.0 Å². The Hall–Kier alpha value is -3.04. The van der Waals surface area contributed by atoms with Crippen LogP contribution in [0.15, 0.2) is 0 Å². The van der Waals surface area contributed by atoms with Gasteiger partial charge in [-0.25, -0.2) is 28.4 Å². The lowest BCUT2D eigenvalue weighted by atomic mass is 9.79. The topological polar surface area (TPSA) is 186 Å². The molecule has 0 amide bonds. The summed E-state index contributed by atoms with van der Waals surface area (Å²) in [6.07, 6.45) is -108. The van der Waals surface area contributed by atoms with Crippen molar-refractivity contribution in [3.63, 3.8) is 0 Å². The zero-order valence-electron chi connectivity index (χ0n) is 35.5. The molecule has 6 N–H and O–H groups in total. The van der Waals surface area contributed by atoms with Gasteiger partial charge in [0.2, 0.25) is 5.41 Å². The van der Waals surface area contributed by atoms with Crippen LogP contribution in [0.1, 0.15) is 6.42 Å². The van der Waals surface area contributed by atoms with E-state index >= 15 is 52.7 Å². The Bertz CT molecular complexity index is 1630. The summed E-state index contributed by atoms with van der Waals surface area (Å²) in [5, 5.41) is 50.2. The highest BCUT2D eigenvalue weighted by Crippen LogP contribution is 2.67. The lowest BCUT2D eigenvalue weighted by Gasteiger charge is -2.50. The molecule has 0 fully saturated rings. The molecule has 13 nitrogen and oxygen atoms in total. The lowest BCUT2D eigenvalue weighted by molar-refractivity contribution is -0.580. The molecule has 0 aliphatic rings. The Morgan fingerprint density at radius 3 is 0.487 bits per heavy atom. The van der Waals surface area contributed by atoms with Crippen molar-refractivity contribution in [2.75, 3.05) is 52.9 Å². The molecule has 0 spiro atoms. The number of hydrogen-bond donors (Lipinski definition) is 6. The Morgan fingerprint density at radius 1 is 0.205 bits per heavy atom. The van der Waals surface area contributed by atoms with Gasteiger partial charge < -0.3 is 35.4 Å². The fourth-order valence-electron chi connectivity index (χ4n) is 4.64. The molecule has 0 bridgehead atoms. The third-order valence-electron chi connectivity index (χ3n) is 9.21. The molecule has 49 heteroatoms. The first-order valence-corrected chi connectivity index (χ1v) is 18.1. The Morgan fingerprint density at radius 2 is 0.346 bits per heavy atom. The summed E-state index contributed by atoms with van der Waals surface area (Å²) in [4.78, 5) is 0. The van der Waals surface area contributed by atoms with Crippen molar-refractivity contribution in [1.82, 2.24) is 0 Å². The molecule has 0 aromatic heterocycles. The molecular weight excluding hydrogens is 1240 g/mol. The Balaban J connectivity index is 9.70. The molecule has 0 unspecified atom stereocenters. The molecule has 470 valence electrons. The van der Waals surface area contributed by atoms with E-state index in [2.05, 4.69) is 4.74 Å². The van der Waals surface area contributed by atoms with Crippen LogP contribution in [0, 0.1) is 10.8 Å². The van der Waals surface area contributed by atoms with Crippen molar-refractivity contribution >= 4 is 0 Å². The van der Waals surface area contributed by atoms with Gasteiger partial charge >= 0.3 is 109 Å². The normalized spacial score (nSPS) is 16.4. The second-order valence-electron chi connectivity index (χ2n) is 14.6. The van der Waals surface area contributed by atoms with Crippen LogP contribution in [0.4, 0.5) is 158 Å². The number of ether oxygens (including phenoxy) is 7. The maximum Gasteiger partial charge on any atom is 0.426 e. The summed E-state index contributed by atoms with van der Waals surface area (Å²) in [5.74, 6) is -43.0. The van der Waals surface area contributed by atoms with Gasteiger partial charge in [0.25, 0.3) is 5.41 Å². The molecule has 0 aromatic rings. The Labute approximate surface area is 401 Å². The monoisotopic (exact) mass is 1260 g/mol. The fourth-order valence-corrected chi connectivity index (χ4v) is 4.64. The molecule has 0 aliphatic heterocycles. The quantitative estimate of drug-likeness (QED) is 0.0263. The minimum atomic E-state index is -9.12. The number of aliphatic hydroxyl groups is 6. The predicted octanol–water partition coefficient (Wildman–Crippen LogP) is 8.34. The van der Waals surface area contributed by atoms with E-state index in [0.29, 0.717) is 0 Å². The van der Waals surface area contributed by atoms with Crippen LogP contribution in [0.3, 0.4) is 0 Å². The number of alkyl halides is 36. The van der Waals surface area contributed by atoms with Crippen molar-refractivity contribution < 1.29 is 222 Å². The highest BCUT2D eigenvalue weighted by atomic mass is 19.4. The first-order chi connectivity index (χ1) is 33.8. The molecule has 0 atom stereocenters. The van der Waals surface area contributed by atoms with Crippen molar-refractivity contribution in [2.24, 2.45) is 10.8 Å². The number of rotatable bonds is 35. The molecule has 0 aliphatic carbocycles. The molecule has 0 heterocycles.